The van der Waals surface area contributed by atoms with Gasteiger partial charge in [-0.1, -0.05) is 37.1 Å². The molecule has 11 heteroatoms. The number of Topliss-reactive ketones (excluding diaryl/α,β-unsaturated/α-hetero) is 1. The van der Waals surface area contributed by atoms with Gasteiger partial charge in [-0.25, -0.2) is 13.4 Å². The third-order valence-electron chi connectivity index (χ3n) is 9.09. The van der Waals surface area contributed by atoms with Crippen molar-refractivity contribution in [3.05, 3.63) is 59.9 Å². The van der Waals surface area contributed by atoms with Gasteiger partial charge >= 0.3 is 6.18 Å². The van der Waals surface area contributed by atoms with Crippen molar-refractivity contribution in [2.75, 3.05) is 29.5 Å². The molecular weight excluding hydrogens is 579 g/mol. The lowest BCUT2D eigenvalue weighted by Crippen LogP contribution is -2.40. The van der Waals surface area contributed by atoms with Crippen LogP contribution in [-0.2, 0) is 20.8 Å². The standard InChI is InChI=1S/C32H32F3N3O4S/c33-32(34,35)26-8-4-3-7-25(26)30-37-28(21-9-11-22(12-10-21)38-15-17-43(40,41)18-16-38)29(42-30)24-6-2-1-5-23(24)27(39)19-31(20-36)13-14-31/h3-4,7-12,23-24H,1-2,5-6,13-19H2/t23-,24-/m1/s1. The van der Waals surface area contributed by atoms with Crippen LogP contribution in [0.3, 0.4) is 0 Å². The first kappa shape index (κ1) is 29.4. The summed E-state index contributed by atoms with van der Waals surface area (Å²) in [6, 6.07) is 14.8. The van der Waals surface area contributed by atoms with Crippen LogP contribution in [0.1, 0.15) is 62.2 Å². The maximum Gasteiger partial charge on any atom is 0.417 e. The average Bonchev–Trinajstić information content (AvgIpc) is 3.63. The fourth-order valence-corrected chi connectivity index (χ4v) is 7.60. The van der Waals surface area contributed by atoms with E-state index in [4.69, 9.17) is 4.42 Å². The molecule has 3 fully saturated rings. The molecule has 0 spiro atoms. The fraction of sp³-hybridized carbons (Fsp3) is 0.469. The van der Waals surface area contributed by atoms with E-state index >= 15 is 0 Å². The Morgan fingerprint density at radius 3 is 2.37 bits per heavy atom. The molecule has 2 atom stereocenters. The summed E-state index contributed by atoms with van der Waals surface area (Å²) in [6.45, 7) is 0.761. The summed E-state index contributed by atoms with van der Waals surface area (Å²) >= 11 is 0. The molecule has 0 radical (unpaired) electrons. The van der Waals surface area contributed by atoms with E-state index in [1.165, 1.54) is 18.2 Å². The predicted molar refractivity (Wildman–Crippen MR) is 155 cm³/mol. The normalized spacial score (nSPS) is 23.0. The molecule has 1 aliphatic heterocycles. The van der Waals surface area contributed by atoms with Crippen molar-refractivity contribution < 1.29 is 30.8 Å². The van der Waals surface area contributed by atoms with Gasteiger partial charge < -0.3 is 9.32 Å². The molecule has 0 bridgehead atoms. The maximum atomic E-state index is 14.0. The summed E-state index contributed by atoms with van der Waals surface area (Å²) in [5, 5.41) is 9.59. The SMILES string of the molecule is N#CC1(CC(=O)[C@@H]2CCCC[C@H]2c2oc(-c3ccccc3C(F)(F)F)nc2-c2ccc(N3CCS(=O)(=O)CC3)cc2)CC1. The van der Waals surface area contributed by atoms with Crippen LogP contribution in [-0.4, -0.2) is 43.8 Å². The number of ketones is 1. The molecule has 1 aromatic heterocycles. The van der Waals surface area contributed by atoms with Crippen LogP contribution in [0.25, 0.3) is 22.7 Å². The van der Waals surface area contributed by atoms with Crippen molar-refractivity contribution in [3.63, 3.8) is 0 Å². The highest BCUT2D eigenvalue weighted by atomic mass is 32.2. The Morgan fingerprint density at radius 1 is 1.05 bits per heavy atom. The number of benzene rings is 2. The van der Waals surface area contributed by atoms with Crippen LogP contribution in [0.4, 0.5) is 18.9 Å². The Labute approximate surface area is 248 Å². The second kappa shape index (κ2) is 11.1. The molecule has 0 N–H and O–H groups in total. The molecule has 226 valence electrons. The van der Waals surface area contributed by atoms with Gasteiger partial charge in [0.2, 0.25) is 5.89 Å². The van der Waals surface area contributed by atoms with Crippen LogP contribution < -0.4 is 4.90 Å². The van der Waals surface area contributed by atoms with E-state index in [0.717, 1.165) is 24.6 Å². The number of sulfone groups is 1. The second-order valence-corrected chi connectivity index (χ2v) is 14.3. The highest BCUT2D eigenvalue weighted by Gasteiger charge is 2.47. The van der Waals surface area contributed by atoms with Gasteiger partial charge in [0.1, 0.15) is 17.2 Å². The molecule has 0 amide bonds. The average molecular weight is 612 g/mol. The quantitative estimate of drug-likeness (QED) is 0.289. The van der Waals surface area contributed by atoms with Crippen LogP contribution in [0.5, 0.6) is 0 Å². The number of nitrogens with zero attached hydrogens (tertiary/aromatic N) is 3. The van der Waals surface area contributed by atoms with Gasteiger partial charge in [0.25, 0.3) is 0 Å². The fourth-order valence-electron chi connectivity index (χ4n) is 6.40. The summed E-state index contributed by atoms with van der Waals surface area (Å²) in [5.74, 6) is -0.399. The summed E-state index contributed by atoms with van der Waals surface area (Å²) in [5.41, 5.74) is 0.243. The van der Waals surface area contributed by atoms with Gasteiger partial charge in [-0.15, -0.1) is 0 Å². The summed E-state index contributed by atoms with van der Waals surface area (Å²) in [7, 11) is -3.04. The first-order chi connectivity index (χ1) is 20.5. The van der Waals surface area contributed by atoms with Gasteiger partial charge in [-0.2, -0.15) is 18.4 Å². The monoisotopic (exact) mass is 611 g/mol. The van der Waals surface area contributed by atoms with E-state index < -0.39 is 32.9 Å². The molecule has 0 unspecified atom stereocenters. The zero-order valence-corrected chi connectivity index (χ0v) is 24.4. The summed E-state index contributed by atoms with van der Waals surface area (Å²) in [6.07, 6.45) is -0.105. The molecule has 2 aromatic carbocycles. The smallest absolute Gasteiger partial charge is 0.417 e. The number of hydrogen-bond acceptors (Lipinski definition) is 7. The van der Waals surface area contributed by atoms with Crippen molar-refractivity contribution in [3.8, 4) is 28.8 Å². The lowest BCUT2D eigenvalue weighted by molar-refractivity contribution is -0.137. The Balaban J connectivity index is 1.40. The van der Waals surface area contributed by atoms with E-state index in [0.29, 0.717) is 55.8 Å². The number of hydrogen-bond donors (Lipinski definition) is 0. The number of carbonyl (C=O) groups excluding carboxylic acids is 1. The summed E-state index contributed by atoms with van der Waals surface area (Å²) in [4.78, 5) is 20.2. The number of oxazole rings is 1. The Kier molecular flexibility index (Phi) is 7.61. The zero-order chi connectivity index (χ0) is 30.4. The highest BCUT2D eigenvalue weighted by molar-refractivity contribution is 7.91. The van der Waals surface area contributed by atoms with E-state index in [2.05, 4.69) is 11.1 Å². The van der Waals surface area contributed by atoms with Crippen molar-refractivity contribution in [1.29, 1.82) is 5.26 Å². The highest BCUT2D eigenvalue weighted by Crippen LogP contribution is 2.51. The molecule has 6 rings (SSSR count). The molecule has 2 saturated carbocycles. The molecule has 3 aliphatic rings. The largest absolute Gasteiger partial charge is 0.440 e. The van der Waals surface area contributed by atoms with E-state index in [-0.39, 0.29) is 41.1 Å². The van der Waals surface area contributed by atoms with Crippen LogP contribution in [0, 0.1) is 22.7 Å². The summed E-state index contributed by atoms with van der Waals surface area (Å²) < 4.78 is 71.9. The Hall–Kier alpha value is -3.65. The molecule has 3 aromatic rings. The van der Waals surface area contributed by atoms with Crippen LogP contribution >= 0.6 is 0 Å². The minimum atomic E-state index is -4.62. The van der Waals surface area contributed by atoms with Gasteiger partial charge in [0, 0.05) is 48.2 Å². The number of nitriles is 1. The third-order valence-corrected chi connectivity index (χ3v) is 10.7. The van der Waals surface area contributed by atoms with Crippen molar-refractivity contribution in [2.24, 2.45) is 11.3 Å². The van der Waals surface area contributed by atoms with E-state index in [1.54, 1.807) is 0 Å². The maximum absolute atomic E-state index is 14.0. The van der Waals surface area contributed by atoms with Crippen LogP contribution in [0.2, 0.25) is 0 Å². The van der Waals surface area contributed by atoms with Gasteiger partial charge in [-0.05, 0) is 49.9 Å². The van der Waals surface area contributed by atoms with E-state index in [1.807, 2.05) is 29.2 Å². The molecule has 43 heavy (non-hydrogen) atoms. The Bertz CT molecular complexity index is 1660. The second-order valence-electron chi connectivity index (χ2n) is 12.0. The molecule has 2 heterocycles. The van der Waals surface area contributed by atoms with Gasteiger partial charge in [0.15, 0.2) is 9.84 Å². The minimum Gasteiger partial charge on any atom is -0.440 e. The zero-order valence-electron chi connectivity index (χ0n) is 23.6. The van der Waals surface area contributed by atoms with Crippen molar-refractivity contribution >= 4 is 21.3 Å². The number of aromatic nitrogens is 1. The van der Waals surface area contributed by atoms with Gasteiger partial charge in [-0.3, -0.25) is 4.79 Å². The Morgan fingerprint density at radius 2 is 1.72 bits per heavy atom. The van der Waals surface area contributed by atoms with E-state index in [9.17, 15) is 31.6 Å². The number of carbonyl (C=O) groups is 1. The van der Waals surface area contributed by atoms with Crippen molar-refractivity contribution in [2.45, 2.75) is 57.0 Å². The minimum absolute atomic E-state index is 0.00117. The number of rotatable bonds is 7. The third kappa shape index (κ3) is 6.07. The van der Waals surface area contributed by atoms with Crippen LogP contribution in [0.15, 0.2) is 52.9 Å². The van der Waals surface area contributed by atoms with Gasteiger partial charge in [0.05, 0.1) is 28.6 Å². The molecular formula is C32H32F3N3O4S. The number of halogens is 3. The number of alkyl halides is 3. The lowest BCUT2D eigenvalue weighted by Gasteiger charge is -2.30. The molecule has 7 nitrogen and oxygen atoms in total. The van der Waals surface area contributed by atoms with Crippen molar-refractivity contribution in [1.82, 2.24) is 4.98 Å². The first-order valence-electron chi connectivity index (χ1n) is 14.7. The predicted octanol–water partition coefficient (Wildman–Crippen LogP) is 6.80. The molecule has 1 saturated heterocycles. The lowest BCUT2D eigenvalue weighted by atomic mass is 9.73. The first-order valence-corrected chi connectivity index (χ1v) is 16.5. The number of anilines is 1. The topological polar surface area (TPSA) is 104 Å². The molecule has 2 aliphatic carbocycles.